The van der Waals surface area contributed by atoms with Gasteiger partial charge in [-0.1, -0.05) is 12.1 Å². The van der Waals surface area contributed by atoms with Crippen molar-refractivity contribution >= 4 is 6.47 Å². The first-order valence-electron chi connectivity index (χ1n) is 9.15. The number of aliphatic hydroxyl groups excluding tert-OH is 1. The fraction of sp³-hybridized carbons (Fsp3) is 0.350. The summed E-state index contributed by atoms with van der Waals surface area (Å²) in [6, 6.07) is 10.6. The monoisotopic (exact) mass is 383 g/mol. The van der Waals surface area contributed by atoms with Gasteiger partial charge in [0.1, 0.15) is 0 Å². The van der Waals surface area contributed by atoms with E-state index in [-0.39, 0.29) is 18.5 Å². The number of likely N-dealkylation sites (tertiary alicyclic amines) is 1. The van der Waals surface area contributed by atoms with Crippen molar-refractivity contribution < 1.29 is 15.0 Å². The summed E-state index contributed by atoms with van der Waals surface area (Å²) in [4.78, 5) is 14.8. The number of benzene rings is 1. The van der Waals surface area contributed by atoms with Crippen molar-refractivity contribution in [2.24, 2.45) is 5.92 Å². The van der Waals surface area contributed by atoms with E-state index >= 15 is 0 Å². The largest absolute Gasteiger partial charge is 0.483 e. The minimum atomic E-state index is -0.290. The van der Waals surface area contributed by atoms with Gasteiger partial charge in [-0.15, -0.1) is 0 Å². The van der Waals surface area contributed by atoms with Crippen LogP contribution < -0.4 is 0 Å². The normalized spacial score (nSPS) is 19.2. The smallest absolute Gasteiger partial charge is 0.290 e. The van der Waals surface area contributed by atoms with Gasteiger partial charge in [0.15, 0.2) is 0 Å². The van der Waals surface area contributed by atoms with E-state index < -0.39 is 0 Å². The summed E-state index contributed by atoms with van der Waals surface area (Å²) >= 11 is 0. The molecule has 0 saturated carbocycles. The van der Waals surface area contributed by atoms with Gasteiger partial charge in [-0.25, -0.2) is 4.98 Å². The third-order valence-electron chi connectivity index (χ3n) is 4.86. The lowest BCUT2D eigenvalue weighted by Gasteiger charge is -2.15. The molecule has 3 N–H and O–H groups in total. The first-order valence-corrected chi connectivity index (χ1v) is 9.15. The quantitative estimate of drug-likeness (QED) is 0.578. The number of rotatable bonds is 5. The molecule has 1 saturated heterocycles. The minimum absolute atomic E-state index is 0.243. The summed E-state index contributed by atoms with van der Waals surface area (Å²) < 4.78 is 1.99. The lowest BCUT2D eigenvalue weighted by atomic mass is 10.0. The number of hydrogen-bond donors (Lipinski definition) is 3. The van der Waals surface area contributed by atoms with Crippen LogP contribution in [0.3, 0.4) is 0 Å². The number of carboxylic acid groups (broad SMARTS) is 1. The van der Waals surface area contributed by atoms with Gasteiger partial charge < -0.3 is 14.8 Å². The highest BCUT2D eigenvalue weighted by Gasteiger charge is 2.31. The van der Waals surface area contributed by atoms with E-state index in [2.05, 4.69) is 50.4 Å². The van der Waals surface area contributed by atoms with E-state index in [1.165, 1.54) is 5.56 Å². The Balaban J connectivity index is 0.000000706. The van der Waals surface area contributed by atoms with E-state index in [0.717, 1.165) is 43.1 Å². The molecular formula is C20H25N5O3. The minimum Gasteiger partial charge on any atom is -0.483 e. The summed E-state index contributed by atoms with van der Waals surface area (Å²) in [7, 11) is 0. The highest BCUT2D eigenvalue weighted by Crippen LogP contribution is 2.23. The summed E-state index contributed by atoms with van der Waals surface area (Å²) in [6.45, 7) is 4.23. The molecule has 0 radical (unpaired) electrons. The summed E-state index contributed by atoms with van der Waals surface area (Å²) in [5.41, 5.74) is 4.47. The number of β-amino-alcohol motifs (C(OH)–C–C–N with tert-alkyl or cyclic N) is 1. The van der Waals surface area contributed by atoms with E-state index in [1.54, 1.807) is 12.5 Å². The molecule has 3 aromatic rings. The average Bonchev–Trinajstić information content (AvgIpc) is 3.40. The van der Waals surface area contributed by atoms with Crippen molar-refractivity contribution in [1.82, 2.24) is 24.6 Å². The third kappa shape index (κ3) is 5.05. The first-order chi connectivity index (χ1) is 13.6. The fourth-order valence-electron chi connectivity index (χ4n) is 3.56. The lowest BCUT2D eigenvalue weighted by molar-refractivity contribution is -0.122. The highest BCUT2D eigenvalue weighted by molar-refractivity contribution is 5.34. The molecule has 0 bridgehead atoms. The number of aromatic nitrogens is 4. The van der Waals surface area contributed by atoms with Crippen molar-refractivity contribution in [1.29, 1.82) is 0 Å². The molecule has 3 heterocycles. The van der Waals surface area contributed by atoms with Crippen LogP contribution in [0.1, 0.15) is 17.0 Å². The van der Waals surface area contributed by atoms with Crippen molar-refractivity contribution in [2.75, 3.05) is 13.1 Å². The maximum absolute atomic E-state index is 10.4. The van der Waals surface area contributed by atoms with Gasteiger partial charge in [0, 0.05) is 49.3 Å². The number of carbonyl (C=O) groups is 1. The molecule has 0 amide bonds. The van der Waals surface area contributed by atoms with Crippen molar-refractivity contribution in [2.45, 2.75) is 26.0 Å². The predicted octanol–water partition coefficient (Wildman–Crippen LogP) is 1.64. The molecule has 1 aliphatic heterocycles. The summed E-state index contributed by atoms with van der Waals surface area (Å²) in [5, 5.41) is 24.5. The van der Waals surface area contributed by atoms with E-state index in [4.69, 9.17) is 9.90 Å². The van der Waals surface area contributed by atoms with Crippen molar-refractivity contribution in [3.05, 3.63) is 66.0 Å². The van der Waals surface area contributed by atoms with Crippen LogP contribution in [0, 0.1) is 12.8 Å². The van der Waals surface area contributed by atoms with Gasteiger partial charge in [0.05, 0.1) is 18.1 Å². The number of hydrogen-bond acceptors (Lipinski definition) is 5. The second-order valence-electron chi connectivity index (χ2n) is 7.01. The summed E-state index contributed by atoms with van der Waals surface area (Å²) in [5.74, 6) is 0.243. The Bertz CT molecular complexity index is 860. The molecule has 148 valence electrons. The number of imidazole rings is 1. The molecule has 28 heavy (non-hydrogen) atoms. The molecule has 0 unspecified atom stereocenters. The Morgan fingerprint density at radius 3 is 2.64 bits per heavy atom. The van der Waals surface area contributed by atoms with E-state index in [0.29, 0.717) is 0 Å². The van der Waals surface area contributed by atoms with Gasteiger partial charge in [-0.2, -0.15) is 5.10 Å². The van der Waals surface area contributed by atoms with Crippen LogP contribution in [-0.2, 0) is 17.8 Å². The zero-order valence-corrected chi connectivity index (χ0v) is 15.8. The van der Waals surface area contributed by atoms with Crippen LogP contribution in [-0.4, -0.2) is 60.5 Å². The Hall–Kier alpha value is -2.97. The molecule has 8 heteroatoms. The Kier molecular flexibility index (Phi) is 6.57. The molecule has 1 aliphatic rings. The maximum atomic E-state index is 10.4. The van der Waals surface area contributed by atoms with E-state index in [9.17, 15) is 5.11 Å². The predicted molar refractivity (Wildman–Crippen MR) is 104 cm³/mol. The number of aryl methyl sites for hydroxylation is 1. The van der Waals surface area contributed by atoms with Crippen LogP contribution in [0.2, 0.25) is 0 Å². The Morgan fingerprint density at radius 2 is 2.04 bits per heavy atom. The van der Waals surface area contributed by atoms with E-state index in [1.807, 2.05) is 17.7 Å². The Morgan fingerprint density at radius 1 is 1.29 bits per heavy atom. The Labute approximate surface area is 163 Å². The zero-order chi connectivity index (χ0) is 19.9. The molecule has 2 atom stereocenters. The second kappa shape index (κ2) is 9.29. The molecule has 2 aromatic heterocycles. The SMILES string of the molecule is Cc1cc(C[C@@H]2CN(Cc3ccc(-n4ccnc4)cc3)C[C@@H]2O)n[nH]1.O=CO. The molecule has 0 aliphatic carbocycles. The summed E-state index contributed by atoms with van der Waals surface area (Å²) in [6.07, 6.45) is 6.05. The molecule has 4 rings (SSSR count). The number of aliphatic hydroxyl groups is 1. The van der Waals surface area contributed by atoms with Gasteiger partial charge in [0.25, 0.3) is 6.47 Å². The molecule has 1 fully saturated rings. The number of nitrogens with zero attached hydrogens (tertiary/aromatic N) is 4. The molecule has 1 aromatic carbocycles. The molecular weight excluding hydrogens is 358 g/mol. The van der Waals surface area contributed by atoms with Gasteiger partial charge in [-0.3, -0.25) is 14.8 Å². The topological polar surface area (TPSA) is 107 Å². The van der Waals surface area contributed by atoms with Crippen molar-refractivity contribution in [3.63, 3.8) is 0 Å². The van der Waals surface area contributed by atoms with Gasteiger partial charge >= 0.3 is 0 Å². The number of nitrogens with one attached hydrogen (secondary N) is 1. The molecule has 8 nitrogen and oxygen atoms in total. The number of H-pyrrole nitrogens is 1. The van der Waals surface area contributed by atoms with Gasteiger partial charge in [-0.05, 0) is 37.1 Å². The number of aromatic amines is 1. The van der Waals surface area contributed by atoms with Crippen LogP contribution >= 0.6 is 0 Å². The average molecular weight is 383 g/mol. The standard InChI is InChI=1S/C19H23N5O.CH2O2/c1-14-8-17(22-21-14)9-16-11-23(12-19(16)25)10-15-2-4-18(5-3-15)24-7-6-20-13-24;2-1-3/h2-8,13,16,19,25H,9-12H2,1H3,(H,21,22);1H,(H,2,3)/t16-,19+;/m1./s1. The second-order valence-corrected chi connectivity index (χ2v) is 7.01. The van der Waals surface area contributed by atoms with Crippen molar-refractivity contribution in [3.8, 4) is 5.69 Å². The fourth-order valence-corrected chi connectivity index (χ4v) is 3.56. The lowest BCUT2D eigenvalue weighted by Crippen LogP contribution is -2.21. The van der Waals surface area contributed by atoms with Gasteiger partial charge in [0.2, 0.25) is 0 Å². The maximum Gasteiger partial charge on any atom is 0.290 e. The third-order valence-corrected chi connectivity index (χ3v) is 4.86. The molecule has 0 spiro atoms. The van der Waals surface area contributed by atoms with Crippen LogP contribution in [0.15, 0.2) is 49.1 Å². The zero-order valence-electron chi connectivity index (χ0n) is 15.8. The van der Waals surface area contributed by atoms with Crippen LogP contribution in [0.4, 0.5) is 0 Å². The first kappa shape index (κ1) is 19.8. The van der Waals surface area contributed by atoms with Crippen LogP contribution in [0.25, 0.3) is 5.69 Å². The van der Waals surface area contributed by atoms with Crippen LogP contribution in [0.5, 0.6) is 0 Å². The highest BCUT2D eigenvalue weighted by atomic mass is 16.3.